The number of hydrogen-bond donors (Lipinski definition) is 0. The van der Waals surface area contributed by atoms with Crippen molar-refractivity contribution >= 4 is 17.1 Å². The van der Waals surface area contributed by atoms with Gasteiger partial charge in [-0.15, -0.1) is 11.3 Å². The quantitative estimate of drug-likeness (QED) is 0.782. The lowest BCUT2D eigenvalue weighted by atomic mass is 9.96. The van der Waals surface area contributed by atoms with Gasteiger partial charge in [0.25, 0.3) is 0 Å². The van der Waals surface area contributed by atoms with Crippen LogP contribution in [0.25, 0.3) is 0 Å². The van der Waals surface area contributed by atoms with Gasteiger partial charge >= 0.3 is 0 Å². The molecular weight excluding hydrogens is 266 g/mol. The summed E-state index contributed by atoms with van der Waals surface area (Å²) < 4.78 is 0. The fraction of sp³-hybridized carbons (Fsp3) is 0.412. The molecule has 2 heterocycles. The van der Waals surface area contributed by atoms with Crippen molar-refractivity contribution in [1.29, 1.82) is 0 Å². The zero-order chi connectivity index (χ0) is 13.5. The maximum absolute atomic E-state index is 12.8. The largest absolute Gasteiger partial charge is 0.293 e. The zero-order valence-electron chi connectivity index (χ0n) is 11.4. The fourth-order valence-corrected chi connectivity index (χ4v) is 4.70. The Labute approximate surface area is 122 Å². The molecule has 2 aromatic rings. The lowest BCUT2D eigenvalue weighted by Gasteiger charge is -2.08. The summed E-state index contributed by atoms with van der Waals surface area (Å²) in [4.78, 5) is 19.7. The maximum atomic E-state index is 12.8. The minimum atomic E-state index is -0.00805. The van der Waals surface area contributed by atoms with Crippen LogP contribution in [0.4, 0.5) is 0 Å². The third kappa shape index (κ3) is 1.92. The average molecular weight is 283 g/mol. The molecule has 1 atom stereocenters. The Balaban J connectivity index is 1.67. The first-order chi connectivity index (χ1) is 9.83. The van der Waals surface area contributed by atoms with Crippen LogP contribution in [0.15, 0.2) is 24.4 Å². The molecule has 20 heavy (non-hydrogen) atoms. The second kappa shape index (κ2) is 4.81. The van der Waals surface area contributed by atoms with E-state index in [0.717, 1.165) is 36.3 Å². The predicted molar refractivity (Wildman–Crippen MR) is 80.6 cm³/mol. The van der Waals surface area contributed by atoms with Crippen molar-refractivity contribution in [2.45, 2.75) is 44.4 Å². The first-order valence-electron chi connectivity index (χ1n) is 7.42. The molecule has 0 spiro atoms. The molecule has 2 aromatic heterocycles. The van der Waals surface area contributed by atoms with Crippen LogP contribution >= 0.6 is 11.3 Å². The van der Waals surface area contributed by atoms with Crippen molar-refractivity contribution in [2.24, 2.45) is 0 Å². The molecule has 0 fully saturated rings. The van der Waals surface area contributed by atoms with E-state index in [0.29, 0.717) is 5.78 Å². The Bertz CT molecular complexity index is 650. The predicted octanol–water partition coefficient (Wildman–Crippen LogP) is 3.93. The van der Waals surface area contributed by atoms with Crippen LogP contribution < -0.4 is 0 Å². The van der Waals surface area contributed by atoms with E-state index in [1.807, 2.05) is 12.3 Å². The molecule has 0 bridgehead atoms. The standard InChI is InChI=1S/C17H17NOS/c19-17(13-8-7-11-5-3-9-18-16(11)13)15-10-12-4-1-2-6-14(12)20-15/h3,5,9-10,13H,1-2,4,6-8H2. The summed E-state index contributed by atoms with van der Waals surface area (Å²) >= 11 is 1.73. The molecule has 4 rings (SSSR count). The number of Topliss-reactive ketones (excluding diaryl/α,β-unsaturated/α-hetero) is 1. The third-order valence-corrected chi connectivity index (χ3v) is 5.77. The van der Waals surface area contributed by atoms with Gasteiger partial charge < -0.3 is 0 Å². The van der Waals surface area contributed by atoms with Crippen molar-refractivity contribution in [2.75, 3.05) is 0 Å². The number of pyridine rings is 1. The first kappa shape index (κ1) is 12.3. The first-order valence-corrected chi connectivity index (χ1v) is 8.24. The molecule has 3 heteroatoms. The number of aryl methyl sites for hydroxylation is 3. The van der Waals surface area contributed by atoms with E-state index in [1.54, 1.807) is 11.3 Å². The van der Waals surface area contributed by atoms with Crippen LogP contribution in [-0.4, -0.2) is 10.8 Å². The van der Waals surface area contributed by atoms with Gasteiger partial charge in [0.15, 0.2) is 5.78 Å². The number of carbonyl (C=O) groups is 1. The number of hydrogen-bond acceptors (Lipinski definition) is 3. The third-order valence-electron chi connectivity index (χ3n) is 4.51. The lowest BCUT2D eigenvalue weighted by Crippen LogP contribution is -2.09. The number of nitrogens with zero attached hydrogens (tertiary/aromatic N) is 1. The van der Waals surface area contributed by atoms with Gasteiger partial charge in [0, 0.05) is 11.1 Å². The molecule has 2 aliphatic carbocycles. The monoisotopic (exact) mass is 283 g/mol. The van der Waals surface area contributed by atoms with Crippen molar-refractivity contribution in [3.63, 3.8) is 0 Å². The average Bonchev–Trinajstić information content (AvgIpc) is 3.10. The van der Waals surface area contributed by atoms with E-state index in [-0.39, 0.29) is 5.92 Å². The van der Waals surface area contributed by atoms with Crippen molar-refractivity contribution in [1.82, 2.24) is 4.98 Å². The normalized spacial score (nSPS) is 20.5. The van der Waals surface area contributed by atoms with Gasteiger partial charge in [0.05, 0.1) is 16.5 Å². The summed E-state index contributed by atoms with van der Waals surface area (Å²) in [6.45, 7) is 0. The molecule has 0 aliphatic heterocycles. The number of fused-ring (bicyclic) bond motifs is 2. The number of thiophene rings is 1. The summed E-state index contributed by atoms with van der Waals surface area (Å²) in [6, 6.07) is 6.23. The molecule has 0 saturated carbocycles. The number of carbonyl (C=O) groups excluding carboxylic acids is 1. The van der Waals surface area contributed by atoms with E-state index >= 15 is 0 Å². The Hall–Kier alpha value is -1.48. The highest BCUT2D eigenvalue weighted by Crippen LogP contribution is 2.37. The van der Waals surface area contributed by atoms with Gasteiger partial charge in [-0.05, 0) is 61.8 Å². The second-order valence-corrected chi connectivity index (χ2v) is 6.91. The Morgan fingerprint density at radius 2 is 2.10 bits per heavy atom. The molecule has 2 aliphatic rings. The van der Waals surface area contributed by atoms with Crippen molar-refractivity contribution in [3.05, 3.63) is 51.0 Å². The summed E-state index contributed by atoms with van der Waals surface area (Å²) in [5.74, 6) is 0.285. The Kier molecular flexibility index (Phi) is 2.95. The molecule has 0 saturated heterocycles. The van der Waals surface area contributed by atoms with E-state index in [9.17, 15) is 4.79 Å². The summed E-state index contributed by atoms with van der Waals surface area (Å²) in [5.41, 5.74) is 3.69. The van der Waals surface area contributed by atoms with Gasteiger partial charge in [-0.3, -0.25) is 9.78 Å². The van der Waals surface area contributed by atoms with Gasteiger partial charge in [-0.2, -0.15) is 0 Å². The Morgan fingerprint density at radius 3 is 3.00 bits per heavy atom. The minimum absolute atomic E-state index is 0.00805. The number of ketones is 1. The Morgan fingerprint density at radius 1 is 1.20 bits per heavy atom. The molecule has 2 nitrogen and oxygen atoms in total. The second-order valence-electron chi connectivity index (χ2n) is 5.77. The lowest BCUT2D eigenvalue weighted by molar-refractivity contribution is 0.0962. The number of aromatic nitrogens is 1. The molecule has 0 amide bonds. The molecular formula is C17H17NOS. The highest BCUT2D eigenvalue weighted by Gasteiger charge is 2.31. The van der Waals surface area contributed by atoms with E-state index in [2.05, 4.69) is 17.1 Å². The van der Waals surface area contributed by atoms with Crippen LogP contribution in [-0.2, 0) is 19.3 Å². The van der Waals surface area contributed by atoms with E-state index in [1.165, 1.54) is 28.8 Å². The topological polar surface area (TPSA) is 30.0 Å². The maximum Gasteiger partial charge on any atom is 0.181 e. The smallest absolute Gasteiger partial charge is 0.181 e. The van der Waals surface area contributed by atoms with Crippen molar-refractivity contribution < 1.29 is 4.79 Å². The minimum Gasteiger partial charge on any atom is -0.293 e. The van der Waals surface area contributed by atoms with Crippen LogP contribution in [0, 0.1) is 0 Å². The van der Waals surface area contributed by atoms with E-state index < -0.39 is 0 Å². The zero-order valence-corrected chi connectivity index (χ0v) is 12.2. The van der Waals surface area contributed by atoms with Gasteiger partial charge in [-0.1, -0.05) is 6.07 Å². The molecule has 0 N–H and O–H groups in total. The molecule has 1 unspecified atom stereocenters. The SMILES string of the molecule is O=C(c1cc2c(s1)CCCC2)C1CCc2cccnc21. The molecule has 102 valence electrons. The molecule has 0 radical (unpaired) electrons. The van der Waals surface area contributed by atoms with Crippen molar-refractivity contribution in [3.8, 4) is 0 Å². The van der Waals surface area contributed by atoms with Crippen LogP contribution in [0.3, 0.4) is 0 Å². The summed E-state index contributed by atoms with van der Waals surface area (Å²) in [6.07, 6.45) is 8.58. The van der Waals surface area contributed by atoms with Crippen LogP contribution in [0.5, 0.6) is 0 Å². The van der Waals surface area contributed by atoms with E-state index in [4.69, 9.17) is 0 Å². The summed E-state index contributed by atoms with van der Waals surface area (Å²) in [5, 5.41) is 0. The van der Waals surface area contributed by atoms with Crippen LogP contribution in [0.2, 0.25) is 0 Å². The van der Waals surface area contributed by atoms with Gasteiger partial charge in [0.2, 0.25) is 0 Å². The molecule has 0 aromatic carbocycles. The summed E-state index contributed by atoms with van der Waals surface area (Å²) in [7, 11) is 0. The highest BCUT2D eigenvalue weighted by molar-refractivity contribution is 7.14. The van der Waals surface area contributed by atoms with Gasteiger partial charge in [-0.25, -0.2) is 0 Å². The van der Waals surface area contributed by atoms with Crippen LogP contribution in [0.1, 0.15) is 56.6 Å². The highest BCUT2D eigenvalue weighted by atomic mass is 32.1. The fourth-order valence-electron chi connectivity index (χ4n) is 3.45. The number of rotatable bonds is 2. The van der Waals surface area contributed by atoms with Gasteiger partial charge in [0.1, 0.15) is 0 Å².